The first-order chi connectivity index (χ1) is 8.19. The van der Waals surface area contributed by atoms with Crippen LogP contribution in [0, 0.1) is 0 Å². The van der Waals surface area contributed by atoms with Crippen molar-refractivity contribution in [2.24, 2.45) is 0 Å². The van der Waals surface area contributed by atoms with E-state index in [0.717, 1.165) is 25.7 Å². The van der Waals surface area contributed by atoms with Gasteiger partial charge in [0, 0.05) is 0 Å². The number of unbranched alkanes of at least 4 members (excludes halogenated alkanes) is 1. The van der Waals surface area contributed by atoms with E-state index in [4.69, 9.17) is 4.74 Å². The minimum atomic E-state index is -0.399. The Morgan fingerprint density at radius 3 is 2.82 bits per heavy atom. The van der Waals surface area contributed by atoms with Gasteiger partial charge >= 0.3 is 5.97 Å². The number of amides is 1. The molecule has 5 heteroatoms. The molecule has 0 saturated carbocycles. The van der Waals surface area contributed by atoms with Gasteiger partial charge in [0.2, 0.25) is 5.91 Å². The summed E-state index contributed by atoms with van der Waals surface area (Å²) in [5, 5.41) is 5.78. The first kappa shape index (κ1) is 14.0. The number of piperazine rings is 1. The van der Waals surface area contributed by atoms with Gasteiger partial charge in [0.1, 0.15) is 6.04 Å². The second-order valence-corrected chi connectivity index (χ2v) is 4.34. The molecule has 0 bridgehead atoms. The van der Waals surface area contributed by atoms with E-state index in [-0.39, 0.29) is 24.5 Å². The van der Waals surface area contributed by atoms with E-state index in [1.807, 2.05) is 13.8 Å². The maximum Gasteiger partial charge on any atom is 0.325 e. The monoisotopic (exact) mass is 242 g/mol. The van der Waals surface area contributed by atoms with Crippen molar-refractivity contribution in [2.45, 2.75) is 51.6 Å². The molecule has 0 aliphatic carbocycles. The molecular formula is C12H22N2O3. The van der Waals surface area contributed by atoms with Gasteiger partial charge in [-0.1, -0.05) is 26.7 Å². The van der Waals surface area contributed by atoms with Crippen LogP contribution in [0.15, 0.2) is 0 Å². The summed E-state index contributed by atoms with van der Waals surface area (Å²) in [6, 6.07) is -0.542. The van der Waals surface area contributed by atoms with Crippen LogP contribution in [0.2, 0.25) is 0 Å². The topological polar surface area (TPSA) is 67.4 Å². The van der Waals surface area contributed by atoms with E-state index in [1.165, 1.54) is 0 Å². The van der Waals surface area contributed by atoms with Crippen molar-refractivity contribution in [3.8, 4) is 0 Å². The molecule has 17 heavy (non-hydrogen) atoms. The predicted molar refractivity (Wildman–Crippen MR) is 64.5 cm³/mol. The fourth-order valence-electron chi connectivity index (χ4n) is 1.89. The molecule has 1 saturated heterocycles. The number of rotatable bonds is 6. The maximum absolute atomic E-state index is 11.8. The third-order valence-electron chi connectivity index (χ3n) is 2.83. The van der Waals surface area contributed by atoms with Gasteiger partial charge in [-0.05, 0) is 12.8 Å². The normalized spacial score (nSPS) is 24.2. The molecule has 0 aromatic carbocycles. The molecule has 1 aliphatic rings. The third-order valence-corrected chi connectivity index (χ3v) is 2.83. The van der Waals surface area contributed by atoms with Crippen molar-refractivity contribution in [1.29, 1.82) is 0 Å². The van der Waals surface area contributed by atoms with Crippen molar-refractivity contribution in [2.75, 3.05) is 13.2 Å². The highest BCUT2D eigenvalue weighted by Crippen LogP contribution is 2.08. The van der Waals surface area contributed by atoms with Crippen LogP contribution in [-0.2, 0) is 14.3 Å². The molecule has 1 amide bonds. The van der Waals surface area contributed by atoms with Gasteiger partial charge in [-0.25, -0.2) is 0 Å². The Balaban J connectivity index is 2.47. The van der Waals surface area contributed by atoms with Crippen LogP contribution in [0.25, 0.3) is 0 Å². The Labute approximate surface area is 102 Å². The van der Waals surface area contributed by atoms with Gasteiger partial charge in [0.15, 0.2) is 0 Å². The lowest BCUT2D eigenvalue weighted by molar-refractivity contribution is -0.148. The summed E-state index contributed by atoms with van der Waals surface area (Å²) in [7, 11) is 0. The average molecular weight is 242 g/mol. The largest absolute Gasteiger partial charge is 0.464 e. The minimum absolute atomic E-state index is 0.0546. The van der Waals surface area contributed by atoms with E-state index < -0.39 is 6.04 Å². The quantitative estimate of drug-likeness (QED) is 0.528. The molecule has 98 valence electrons. The first-order valence-corrected chi connectivity index (χ1v) is 6.38. The Kier molecular flexibility index (Phi) is 5.97. The van der Waals surface area contributed by atoms with E-state index >= 15 is 0 Å². The molecule has 5 nitrogen and oxygen atoms in total. The highest BCUT2D eigenvalue weighted by Gasteiger charge is 2.33. The van der Waals surface area contributed by atoms with Crippen molar-refractivity contribution in [3.63, 3.8) is 0 Å². The first-order valence-electron chi connectivity index (χ1n) is 6.38. The van der Waals surface area contributed by atoms with Crippen LogP contribution in [0.3, 0.4) is 0 Å². The van der Waals surface area contributed by atoms with Crippen molar-refractivity contribution < 1.29 is 14.3 Å². The fraction of sp³-hybridized carbons (Fsp3) is 0.833. The number of carbonyl (C=O) groups is 2. The molecule has 1 heterocycles. The summed E-state index contributed by atoms with van der Waals surface area (Å²) >= 11 is 0. The SMILES string of the molecule is CCCCOC(=O)C1NCC(=O)NC1CCC. The minimum Gasteiger partial charge on any atom is -0.464 e. The zero-order valence-electron chi connectivity index (χ0n) is 10.6. The number of ether oxygens (including phenoxy) is 1. The lowest BCUT2D eigenvalue weighted by atomic mass is 10.0. The average Bonchev–Trinajstić information content (AvgIpc) is 2.30. The molecule has 0 spiro atoms. The second kappa shape index (κ2) is 7.27. The number of carbonyl (C=O) groups excluding carboxylic acids is 2. The van der Waals surface area contributed by atoms with Crippen molar-refractivity contribution in [1.82, 2.24) is 10.6 Å². The van der Waals surface area contributed by atoms with Crippen LogP contribution in [0.1, 0.15) is 39.5 Å². The second-order valence-electron chi connectivity index (χ2n) is 4.34. The molecule has 2 N–H and O–H groups in total. The van der Waals surface area contributed by atoms with E-state index in [1.54, 1.807) is 0 Å². The predicted octanol–water partition coefficient (Wildman–Crippen LogP) is 0.586. The lowest BCUT2D eigenvalue weighted by Gasteiger charge is -2.31. The van der Waals surface area contributed by atoms with Crippen molar-refractivity contribution in [3.05, 3.63) is 0 Å². The summed E-state index contributed by atoms with van der Waals surface area (Å²) in [4.78, 5) is 23.1. The molecule has 0 radical (unpaired) electrons. The molecule has 2 unspecified atom stereocenters. The highest BCUT2D eigenvalue weighted by atomic mass is 16.5. The standard InChI is InChI=1S/C12H22N2O3/c1-3-5-7-17-12(16)11-9(6-4-2)14-10(15)8-13-11/h9,11,13H,3-8H2,1-2H3,(H,14,15). The van der Waals surface area contributed by atoms with Gasteiger partial charge in [-0.15, -0.1) is 0 Å². The Morgan fingerprint density at radius 2 is 2.18 bits per heavy atom. The number of nitrogens with one attached hydrogen (secondary N) is 2. The van der Waals surface area contributed by atoms with Crippen LogP contribution < -0.4 is 10.6 Å². The molecule has 1 aliphatic heterocycles. The zero-order valence-corrected chi connectivity index (χ0v) is 10.6. The van der Waals surface area contributed by atoms with E-state index in [9.17, 15) is 9.59 Å². The maximum atomic E-state index is 11.8. The van der Waals surface area contributed by atoms with Gasteiger partial charge in [-0.3, -0.25) is 14.9 Å². The van der Waals surface area contributed by atoms with Crippen LogP contribution in [-0.4, -0.2) is 37.1 Å². The molecular weight excluding hydrogens is 220 g/mol. The Hall–Kier alpha value is -1.10. The molecule has 1 rings (SSSR count). The smallest absolute Gasteiger partial charge is 0.325 e. The van der Waals surface area contributed by atoms with E-state index in [2.05, 4.69) is 10.6 Å². The Bertz CT molecular complexity index is 268. The summed E-state index contributed by atoms with van der Waals surface area (Å²) < 4.78 is 5.18. The number of hydrogen-bond donors (Lipinski definition) is 2. The molecule has 2 atom stereocenters. The zero-order chi connectivity index (χ0) is 12.7. The van der Waals surface area contributed by atoms with Crippen LogP contribution in [0.5, 0.6) is 0 Å². The summed E-state index contributed by atoms with van der Waals surface area (Å²) in [6.07, 6.45) is 3.58. The van der Waals surface area contributed by atoms with Gasteiger partial charge in [-0.2, -0.15) is 0 Å². The summed E-state index contributed by atoms with van der Waals surface area (Å²) in [5.41, 5.74) is 0. The van der Waals surface area contributed by atoms with Crippen LogP contribution >= 0.6 is 0 Å². The van der Waals surface area contributed by atoms with Crippen molar-refractivity contribution >= 4 is 11.9 Å². The van der Waals surface area contributed by atoms with Crippen LogP contribution in [0.4, 0.5) is 0 Å². The Morgan fingerprint density at radius 1 is 1.41 bits per heavy atom. The van der Waals surface area contributed by atoms with Gasteiger partial charge in [0.05, 0.1) is 19.2 Å². The molecule has 0 aromatic rings. The highest BCUT2D eigenvalue weighted by molar-refractivity contribution is 5.84. The summed E-state index contributed by atoms with van der Waals surface area (Å²) in [6.45, 7) is 4.72. The molecule has 1 fully saturated rings. The number of esters is 1. The summed E-state index contributed by atoms with van der Waals surface area (Å²) in [5.74, 6) is -0.307. The van der Waals surface area contributed by atoms with Gasteiger partial charge in [0.25, 0.3) is 0 Å². The lowest BCUT2D eigenvalue weighted by Crippen LogP contribution is -2.62. The fourth-order valence-corrected chi connectivity index (χ4v) is 1.89. The molecule has 0 aromatic heterocycles. The number of hydrogen-bond acceptors (Lipinski definition) is 4. The van der Waals surface area contributed by atoms with Gasteiger partial charge < -0.3 is 10.1 Å². The third kappa shape index (κ3) is 4.34. The van der Waals surface area contributed by atoms with E-state index in [0.29, 0.717) is 6.61 Å².